The van der Waals surface area contributed by atoms with Crippen LogP contribution in [0.5, 0.6) is 34.5 Å². The number of nitrogens with zero attached hydrogens (tertiary/aromatic N) is 2. The van der Waals surface area contributed by atoms with Crippen molar-refractivity contribution in [2.45, 2.75) is 274 Å². The van der Waals surface area contributed by atoms with Crippen molar-refractivity contribution >= 4 is 21.5 Å². The predicted molar refractivity (Wildman–Crippen MR) is 492 cm³/mol. The van der Waals surface area contributed by atoms with Crippen LogP contribution in [0.4, 0.5) is 0 Å². The van der Waals surface area contributed by atoms with E-state index >= 15 is 0 Å². The fourth-order valence-electron chi connectivity index (χ4n) is 18.0. The summed E-state index contributed by atoms with van der Waals surface area (Å²) in [4.78, 5) is 0. The molecule has 0 atom stereocenters. The molecular formula is C110H124N2O8. The Balaban J connectivity index is 0.869. The van der Waals surface area contributed by atoms with E-state index in [4.69, 9.17) is 19.4 Å². The highest BCUT2D eigenvalue weighted by Crippen LogP contribution is 2.49. The second-order valence-corrected chi connectivity index (χ2v) is 43.4. The summed E-state index contributed by atoms with van der Waals surface area (Å²) in [6, 6.07) is 55.9. The minimum atomic E-state index is -0.293. The number of phenolic OH excluding ortho intramolecular Hbond substituents is 6. The van der Waals surface area contributed by atoms with Gasteiger partial charge in [-0.05, 0) is 210 Å². The zero-order valence-electron chi connectivity index (χ0n) is 75.5. The van der Waals surface area contributed by atoms with Crippen LogP contribution in [0.3, 0.4) is 0 Å². The van der Waals surface area contributed by atoms with Crippen LogP contribution in [-0.4, -0.2) is 41.0 Å². The molecule has 2 aliphatic rings. The second kappa shape index (κ2) is 30.1. The number of hydrogen-bond acceptors (Lipinski definition) is 10. The van der Waals surface area contributed by atoms with Crippen molar-refractivity contribution in [3.05, 3.63) is 314 Å². The van der Waals surface area contributed by atoms with Crippen molar-refractivity contribution in [2.24, 2.45) is 0 Å². The van der Waals surface area contributed by atoms with E-state index in [0.29, 0.717) is 87.1 Å². The van der Waals surface area contributed by atoms with Gasteiger partial charge in [-0.1, -0.05) is 322 Å². The lowest BCUT2D eigenvalue weighted by Crippen LogP contribution is -2.16. The Labute approximate surface area is 711 Å². The minimum Gasteiger partial charge on any atom is -0.507 e. The third-order valence-electron chi connectivity index (χ3n) is 25.7. The fourth-order valence-corrected chi connectivity index (χ4v) is 18.0. The molecule has 2 heterocycles. The van der Waals surface area contributed by atoms with E-state index in [1.54, 1.807) is 0 Å². The highest BCUT2D eigenvalue weighted by atomic mass is 16.5. The molecule has 0 saturated heterocycles. The van der Waals surface area contributed by atoms with E-state index in [0.717, 1.165) is 177 Å². The van der Waals surface area contributed by atoms with Crippen molar-refractivity contribution in [1.82, 2.24) is 10.3 Å². The third-order valence-corrected chi connectivity index (χ3v) is 25.7. The first-order chi connectivity index (χ1) is 55.9. The number of phenols is 6. The third kappa shape index (κ3) is 16.7. The van der Waals surface area contributed by atoms with Gasteiger partial charge in [0.1, 0.15) is 57.4 Å². The Morgan fingerprint density at radius 3 is 0.533 bits per heavy atom. The van der Waals surface area contributed by atoms with Crippen LogP contribution in [0.1, 0.15) is 322 Å². The van der Waals surface area contributed by atoms with Crippen LogP contribution in [0, 0.1) is 0 Å². The van der Waals surface area contributed by atoms with Gasteiger partial charge in [0.05, 0.1) is 0 Å². The van der Waals surface area contributed by atoms with E-state index in [1.165, 1.54) is 0 Å². The van der Waals surface area contributed by atoms with Crippen LogP contribution in [-0.2, 0) is 108 Å². The Hall–Kier alpha value is -10.8. The molecule has 10 nitrogen and oxygen atoms in total. The molecule has 0 unspecified atom stereocenters. The van der Waals surface area contributed by atoms with Gasteiger partial charge in [0.25, 0.3) is 0 Å². The van der Waals surface area contributed by atoms with Crippen LogP contribution >= 0.6 is 0 Å². The van der Waals surface area contributed by atoms with Crippen LogP contribution in [0.15, 0.2) is 167 Å². The molecule has 15 rings (SSSR count). The summed E-state index contributed by atoms with van der Waals surface area (Å²) in [5.74, 6) is 2.48. The van der Waals surface area contributed by atoms with Crippen molar-refractivity contribution in [3.8, 4) is 57.0 Å². The maximum atomic E-state index is 13.0. The monoisotopic (exact) mass is 1600 g/mol. The maximum Gasteiger partial charge on any atom is 0.141 e. The highest BCUT2D eigenvalue weighted by Gasteiger charge is 2.34. The first kappa shape index (κ1) is 84.2. The molecule has 0 spiro atoms. The summed E-state index contributed by atoms with van der Waals surface area (Å²) in [6.07, 6.45) is 3.41. The van der Waals surface area contributed by atoms with E-state index in [1.807, 2.05) is 0 Å². The molecule has 16 bridgehead atoms. The van der Waals surface area contributed by atoms with Crippen LogP contribution in [0.2, 0.25) is 0 Å². The topological polar surface area (TPSA) is 173 Å². The van der Waals surface area contributed by atoms with Gasteiger partial charge in [-0.25, -0.2) is 0 Å². The molecule has 10 heteroatoms. The summed E-state index contributed by atoms with van der Waals surface area (Å²) < 4.78 is 13.5. The normalized spacial score (nSPS) is 14.0. The highest BCUT2D eigenvalue weighted by molar-refractivity contribution is 6.20. The van der Waals surface area contributed by atoms with Gasteiger partial charge in [0.15, 0.2) is 0 Å². The Bertz CT molecular complexity index is 5580. The van der Waals surface area contributed by atoms with Gasteiger partial charge in [-0.2, -0.15) is 0 Å². The lowest BCUT2D eigenvalue weighted by Gasteiger charge is -2.27. The smallest absolute Gasteiger partial charge is 0.141 e. The molecule has 0 saturated carbocycles. The Morgan fingerprint density at radius 1 is 0.225 bits per heavy atom. The summed E-state index contributed by atoms with van der Waals surface area (Å²) in [5.41, 5.74) is 24.8. The minimum absolute atomic E-state index is 0.174. The van der Waals surface area contributed by atoms with E-state index in [9.17, 15) is 30.6 Å². The first-order valence-electron chi connectivity index (χ1n) is 43.2. The lowest BCUT2D eigenvalue weighted by atomic mass is 9.78. The molecular weight excluding hydrogens is 1480 g/mol. The molecule has 0 radical (unpaired) electrons. The maximum absolute atomic E-state index is 13.0. The van der Waals surface area contributed by atoms with Gasteiger partial charge in [-0.15, -0.1) is 0 Å². The first-order valence-corrected chi connectivity index (χ1v) is 43.2. The molecule has 11 aromatic carbocycles. The van der Waals surface area contributed by atoms with E-state index in [-0.39, 0.29) is 77.8 Å². The molecule has 120 heavy (non-hydrogen) atoms. The number of aromatic nitrogens is 2. The summed E-state index contributed by atoms with van der Waals surface area (Å²) in [6.45, 7) is 53.1. The SMILES string of the molecule is CC(C)(C)c1cc2c(O)c(c1)Cc1cc(C(C)(C)C)cc(c1O)Cc1cc(C(C)(C)C)cc(c1Cc1cc(-c3c4ccccc4c(-c4cc(Cc5c6cc(C(C)(C)C)cc5Cc5cc(C(C)(C)C)cc(c5O)Cc5cc(C(C)(C)C)cc(c5O)Cc5cc(C(C)(C)C)cc(c5O)C6)on4)c4ccccc34)no1)Cc1cc(C(C)(C)C)cc(c1O)C2. The van der Waals surface area contributed by atoms with E-state index < -0.39 is 0 Å². The number of fused-ring (bicyclic) bond motifs is 18. The fraction of sp³-hybridized carbons (Fsp3) is 0.382. The lowest BCUT2D eigenvalue weighted by molar-refractivity contribution is 0.391. The molecule has 622 valence electrons. The Kier molecular flexibility index (Phi) is 21.1. The van der Waals surface area contributed by atoms with Gasteiger partial charge in [0.2, 0.25) is 0 Å². The molecule has 0 fully saturated rings. The second-order valence-electron chi connectivity index (χ2n) is 43.4. The number of aromatic hydroxyl groups is 6. The van der Waals surface area contributed by atoms with Crippen molar-refractivity contribution in [3.63, 3.8) is 0 Å². The van der Waals surface area contributed by atoms with Crippen molar-refractivity contribution in [2.75, 3.05) is 0 Å². The molecule has 6 N–H and O–H groups in total. The number of rotatable bonds is 6. The van der Waals surface area contributed by atoms with Crippen molar-refractivity contribution in [1.29, 1.82) is 0 Å². The average Bonchev–Trinajstić information content (AvgIpc) is 1.34. The average molecular weight is 1600 g/mol. The predicted octanol–water partition coefficient (Wildman–Crippen LogP) is 26.5. The van der Waals surface area contributed by atoms with Gasteiger partial charge >= 0.3 is 0 Å². The van der Waals surface area contributed by atoms with Crippen molar-refractivity contribution < 1.29 is 39.7 Å². The van der Waals surface area contributed by atoms with E-state index in [2.05, 4.69) is 324 Å². The number of hydrogen-bond donors (Lipinski definition) is 6. The standard InChI is InChI=1S/C110H124N2O8/c1-103(2,3)77-41-61-33-65-45-79(105(7,8)9)49-69(97(65)113)37-73-53-83(109(19,20)21)54-74(101(73)117)38-70-50-80(106(10,11)12)46-66(98(70)114)34-62(42-77)91(61)57-85-59-93(111-119-85)95-87-29-25-27-31-89(87)96(90-32-28-26-30-88(90)95)94-60-86(120-112-94)58-92-63-35-67-47-81(107(13,14)15)51-71(99(67)115)39-75-55-84(110(22,23)24)56-76(102(75)118)40-72-52-82(108(16,17)18)48-68(100(72)116)36-64(92)44-78(43-63)104(4,5)6/h25-32,41-56,59-60,113-118H,33-40,57-58H2,1-24H3. The molecule has 0 aliphatic heterocycles. The molecule has 2 aromatic heterocycles. The quantitative estimate of drug-likeness (QED) is 0.0880. The summed E-state index contributed by atoms with van der Waals surface area (Å²) >= 11 is 0. The Morgan fingerprint density at radius 2 is 0.375 bits per heavy atom. The molecule has 2 aliphatic carbocycles. The van der Waals surface area contributed by atoms with Gasteiger partial charge < -0.3 is 39.7 Å². The number of benzene rings is 11. The van der Waals surface area contributed by atoms with Gasteiger partial charge in [0, 0.05) is 87.5 Å². The zero-order chi connectivity index (χ0) is 86.5. The zero-order valence-corrected chi connectivity index (χ0v) is 75.5. The largest absolute Gasteiger partial charge is 0.507 e. The molecule has 0 amide bonds. The summed E-state index contributed by atoms with van der Waals surface area (Å²) in [7, 11) is 0. The van der Waals surface area contributed by atoms with Crippen LogP contribution in [0.25, 0.3) is 44.1 Å². The molecule has 13 aromatic rings. The van der Waals surface area contributed by atoms with Crippen LogP contribution < -0.4 is 0 Å². The summed E-state index contributed by atoms with van der Waals surface area (Å²) in [5, 5.41) is 90.8. The van der Waals surface area contributed by atoms with Gasteiger partial charge in [-0.3, -0.25) is 0 Å².